The molecule has 0 aliphatic rings. The van der Waals surface area contributed by atoms with Crippen LogP contribution in [0.3, 0.4) is 0 Å². The van der Waals surface area contributed by atoms with Crippen LogP contribution in [-0.2, 0) is 21.7 Å². The Hall–Kier alpha value is 2.80. The Labute approximate surface area is 110 Å². The molecule has 0 aliphatic carbocycles. The zero-order chi connectivity index (χ0) is 0. The standard InChI is InChI=1S/Mg.4H2O.Sr.Ti/h;4*1H2;;/q+2;;;;;+2;/p-4. The molecule has 0 atom stereocenters. The zero-order valence-corrected chi connectivity index (χ0v) is 10.2. The van der Waals surface area contributed by atoms with E-state index in [-0.39, 0.29) is 112 Å². The van der Waals surface area contributed by atoms with Crippen LogP contribution in [0.2, 0.25) is 0 Å². The van der Waals surface area contributed by atoms with Crippen LogP contribution in [-0.4, -0.2) is 90.4 Å². The van der Waals surface area contributed by atoms with Gasteiger partial charge in [0.25, 0.3) is 0 Å². The molecule has 0 saturated carbocycles. The average Bonchev–Trinajstić information content (AvgIpc) is 0. The van der Waals surface area contributed by atoms with Crippen molar-refractivity contribution in [2.45, 2.75) is 0 Å². The molecule has 0 rings (SSSR count). The van der Waals surface area contributed by atoms with Crippen molar-refractivity contribution in [1.29, 1.82) is 0 Å². The molecule has 0 saturated heterocycles. The third-order valence-electron chi connectivity index (χ3n) is 0. The van der Waals surface area contributed by atoms with Gasteiger partial charge in [-0.25, -0.2) is 0 Å². The van der Waals surface area contributed by atoms with Gasteiger partial charge in [-0.3, -0.25) is 0 Å². The predicted molar refractivity (Wildman–Crippen MR) is 19.3 cm³/mol. The minimum atomic E-state index is 0. The summed E-state index contributed by atoms with van der Waals surface area (Å²) in [5.74, 6) is 0. The summed E-state index contributed by atoms with van der Waals surface area (Å²) in [4.78, 5) is 0. The second-order valence-electron chi connectivity index (χ2n) is 0. The van der Waals surface area contributed by atoms with Gasteiger partial charge in [-0.2, -0.15) is 0 Å². The van der Waals surface area contributed by atoms with Gasteiger partial charge in [-0.1, -0.05) is 0 Å². The van der Waals surface area contributed by atoms with E-state index in [0.717, 1.165) is 0 Å². The van der Waals surface area contributed by atoms with E-state index in [2.05, 4.69) is 0 Å². The second kappa shape index (κ2) is 68.3. The topological polar surface area (TPSA) is 120 Å². The smallest absolute Gasteiger partial charge is 0.870 e. The van der Waals surface area contributed by atoms with Crippen molar-refractivity contribution in [2.75, 3.05) is 0 Å². The summed E-state index contributed by atoms with van der Waals surface area (Å²) in [6.07, 6.45) is 0. The third-order valence-corrected chi connectivity index (χ3v) is 0. The first kappa shape index (κ1) is 96.8. The molecule has 7 heteroatoms. The fraction of sp³-hybridized carbons (Fsp3) is 0. The van der Waals surface area contributed by atoms with Gasteiger partial charge in [0, 0.05) is 21.7 Å². The Kier molecular flexibility index (Phi) is 944. The Morgan fingerprint density at radius 2 is 0.571 bits per heavy atom. The van der Waals surface area contributed by atoms with E-state index in [1.54, 1.807) is 0 Å². The van der Waals surface area contributed by atoms with Crippen LogP contribution in [0.15, 0.2) is 0 Å². The van der Waals surface area contributed by atoms with Gasteiger partial charge >= 0.3 is 68.5 Å². The monoisotopic (exact) mass is 228 g/mol. The quantitative estimate of drug-likeness (QED) is 0.469. The Bertz CT molecular complexity index is 11.7. The summed E-state index contributed by atoms with van der Waals surface area (Å²) in [5, 5.41) is 0. The summed E-state index contributed by atoms with van der Waals surface area (Å²) in [5.41, 5.74) is 0. The van der Waals surface area contributed by atoms with E-state index in [9.17, 15) is 0 Å². The van der Waals surface area contributed by atoms with E-state index in [1.165, 1.54) is 0 Å². The van der Waals surface area contributed by atoms with Gasteiger partial charge in [-0.15, -0.1) is 0 Å². The summed E-state index contributed by atoms with van der Waals surface area (Å²) >= 11 is 0. The SMILES string of the molecule is [Mg+2].[OH-].[OH-].[OH-].[OH-].[Sr+2].[Ti]. The Morgan fingerprint density at radius 3 is 0.571 bits per heavy atom. The molecule has 0 heterocycles. The molecule has 4 nitrogen and oxygen atoms in total. The molecule has 0 aromatic carbocycles. The van der Waals surface area contributed by atoms with E-state index in [0.29, 0.717) is 0 Å². The first-order chi connectivity index (χ1) is 0. The van der Waals surface area contributed by atoms with Gasteiger partial charge in [0.15, 0.2) is 0 Å². The normalized spacial score (nSPS) is 0. The fourth-order valence-electron chi connectivity index (χ4n) is 0. The molecular formula is H4MgO4SrTi. The van der Waals surface area contributed by atoms with Gasteiger partial charge in [0.2, 0.25) is 0 Å². The molecule has 0 radical (unpaired) electrons. The second-order valence-corrected chi connectivity index (χ2v) is 0. The first-order valence-electron chi connectivity index (χ1n) is 0. The van der Waals surface area contributed by atoms with Crippen LogP contribution in [0.25, 0.3) is 0 Å². The van der Waals surface area contributed by atoms with Crippen LogP contribution in [0.4, 0.5) is 0 Å². The summed E-state index contributed by atoms with van der Waals surface area (Å²) in [6.45, 7) is 0. The van der Waals surface area contributed by atoms with Crippen molar-refractivity contribution >= 4 is 68.5 Å². The minimum absolute atomic E-state index is 0. The maximum atomic E-state index is 0. The molecule has 0 bridgehead atoms. The fourth-order valence-corrected chi connectivity index (χ4v) is 0. The first-order valence-corrected chi connectivity index (χ1v) is 0. The Balaban J connectivity index is 0. The van der Waals surface area contributed by atoms with Gasteiger partial charge < -0.3 is 21.9 Å². The van der Waals surface area contributed by atoms with Crippen molar-refractivity contribution in [1.82, 2.24) is 0 Å². The Morgan fingerprint density at radius 1 is 0.571 bits per heavy atom. The van der Waals surface area contributed by atoms with Gasteiger partial charge in [0.1, 0.15) is 0 Å². The summed E-state index contributed by atoms with van der Waals surface area (Å²) in [6, 6.07) is 0. The van der Waals surface area contributed by atoms with Crippen molar-refractivity contribution in [2.24, 2.45) is 0 Å². The average molecular weight is 228 g/mol. The van der Waals surface area contributed by atoms with E-state index >= 15 is 0 Å². The van der Waals surface area contributed by atoms with Gasteiger partial charge in [-0.05, 0) is 0 Å². The van der Waals surface area contributed by atoms with Crippen LogP contribution in [0.1, 0.15) is 0 Å². The summed E-state index contributed by atoms with van der Waals surface area (Å²) < 4.78 is 0. The van der Waals surface area contributed by atoms with E-state index < -0.39 is 0 Å². The molecule has 36 valence electrons. The number of hydrogen-bond donors (Lipinski definition) is 0. The molecular weight excluding hydrogens is 224 g/mol. The van der Waals surface area contributed by atoms with Gasteiger partial charge in [0.05, 0.1) is 0 Å². The molecule has 0 unspecified atom stereocenters. The van der Waals surface area contributed by atoms with Crippen LogP contribution in [0, 0.1) is 0 Å². The molecule has 0 aromatic heterocycles. The predicted octanol–water partition coefficient (Wildman–Crippen LogP) is -1.47. The molecule has 7 heavy (non-hydrogen) atoms. The van der Waals surface area contributed by atoms with Crippen LogP contribution < -0.4 is 0 Å². The third kappa shape index (κ3) is 51.9. The van der Waals surface area contributed by atoms with E-state index in [1.807, 2.05) is 0 Å². The van der Waals surface area contributed by atoms with Crippen molar-refractivity contribution in [3.05, 3.63) is 0 Å². The molecule has 0 amide bonds. The van der Waals surface area contributed by atoms with Crippen LogP contribution in [0.5, 0.6) is 0 Å². The molecule has 0 spiro atoms. The number of hydrogen-bond acceptors (Lipinski definition) is 4. The van der Waals surface area contributed by atoms with Crippen LogP contribution >= 0.6 is 0 Å². The number of rotatable bonds is 0. The molecule has 0 aliphatic heterocycles. The van der Waals surface area contributed by atoms with Crippen molar-refractivity contribution < 1.29 is 43.6 Å². The molecule has 0 fully saturated rings. The van der Waals surface area contributed by atoms with Crippen molar-refractivity contribution in [3.63, 3.8) is 0 Å². The molecule has 0 aromatic rings. The van der Waals surface area contributed by atoms with E-state index in [4.69, 9.17) is 0 Å². The molecule has 4 N–H and O–H groups in total. The summed E-state index contributed by atoms with van der Waals surface area (Å²) in [7, 11) is 0. The largest absolute Gasteiger partial charge is 2.00 e. The zero-order valence-electron chi connectivity index (χ0n) is 3.70. The minimum Gasteiger partial charge on any atom is -0.870 e. The van der Waals surface area contributed by atoms with Crippen molar-refractivity contribution in [3.8, 4) is 0 Å². The maximum absolute atomic E-state index is 0. The maximum Gasteiger partial charge on any atom is 2.00 e.